The summed E-state index contributed by atoms with van der Waals surface area (Å²) < 4.78 is 0.680. The first-order valence-corrected chi connectivity index (χ1v) is 9.42. The second-order valence-corrected chi connectivity index (χ2v) is 8.25. The Bertz CT molecular complexity index is 488. The third kappa shape index (κ3) is 3.40. The highest BCUT2D eigenvalue weighted by Gasteiger charge is 2.38. The van der Waals surface area contributed by atoms with Crippen LogP contribution in [0.1, 0.15) is 51.4 Å². The number of carbonyl (C=O) groups is 1. The first-order valence-electron chi connectivity index (χ1n) is 8.19. The fourth-order valence-electron chi connectivity index (χ4n) is 3.68. The molecule has 0 aromatic rings. The normalized spacial score (nSPS) is 36.4. The highest BCUT2D eigenvalue weighted by Crippen LogP contribution is 2.38. The van der Waals surface area contributed by atoms with Crippen LogP contribution in [0, 0.1) is 5.92 Å². The fourth-order valence-corrected chi connectivity index (χ4v) is 5.14. The lowest BCUT2D eigenvalue weighted by Gasteiger charge is -2.30. The number of carbonyl (C=O) groups excluding carboxylic acids is 1. The minimum absolute atomic E-state index is 0.0440. The van der Waals surface area contributed by atoms with E-state index >= 15 is 0 Å². The molecule has 0 spiro atoms. The van der Waals surface area contributed by atoms with Crippen LogP contribution in [0.25, 0.3) is 0 Å². The Labute approximate surface area is 140 Å². The van der Waals surface area contributed by atoms with Gasteiger partial charge in [-0.05, 0) is 38.0 Å². The molecule has 2 aliphatic carbocycles. The Morgan fingerprint density at radius 1 is 1.09 bits per heavy atom. The van der Waals surface area contributed by atoms with Crippen molar-refractivity contribution in [3.8, 4) is 0 Å². The average molecular weight is 341 g/mol. The Balaban J connectivity index is 1.69. The minimum Gasteiger partial charge on any atom is -0.390 e. The zero-order chi connectivity index (χ0) is 15.7. The lowest BCUT2D eigenvalue weighted by atomic mass is 9.85. The Morgan fingerprint density at radius 2 is 1.82 bits per heavy atom. The standard InChI is InChI=1S/C16H23NO3S2/c18-12-7-6-10(8-13(12)19)9-14-15(20)17(16(21)22-14)11-4-2-1-3-5-11/h9-13,18-19H,1-8H2/b14-9+. The number of rotatable bonds is 2. The molecule has 6 heteroatoms. The summed E-state index contributed by atoms with van der Waals surface area (Å²) in [6.07, 6.45) is 8.29. The number of thioether (sulfide) groups is 1. The number of amides is 1. The van der Waals surface area contributed by atoms with Crippen molar-refractivity contribution < 1.29 is 15.0 Å². The van der Waals surface area contributed by atoms with Gasteiger partial charge in [-0.15, -0.1) is 0 Å². The third-order valence-corrected chi connectivity index (χ3v) is 6.32. The molecule has 4 nitrogen and oxygen atoms in total. The van der Waals surface area contributed by atoms with Gasteiger partial charge in [-0.3, -0.25) is 9.69 Å². The van der Waals surface area contributed by atoms with E-state index in [1.165, 1.54) is 31.0 Å². The zero-order valence-electron chi connectivity index (χ0n) is 12.6. The minimum atomic E-state index is -0.682. The topological polar surface area (TPSA) is 60.8 Å². The lowest BCUT2D eigenvalue weighted by Crippen LogP contribution is -2.39. The summed E-state index contributed by atoms with van der Waals surface area (Å²) in [5, 5.41) is 19.4. The monoisotopic (exact) mass is 341 g/mol. The van der Waals surface area contributed by atoms with Crippen molar-refractivity contribution >= 4 is 34.2 Å². The van der Waals surface area contributed by atoms with E-state index in [1.54, 1.807) is 0 Å². The zero-order valence-corrected chi connectivity index (χ0v) is 14.2. The molecule has 1 heterocycles. The maximum absolute atomic E-state index is 12.7. The van der Waals surface area contributed by atoms with Crippen LogP contribution >= 0.6 is 24.0 Å². The molecule has 0 aromatic heterocycles. The van der Waals surface area contributed by atoms with Crippen LogP contribution in [0.5, 0.6) is 0 Å². The van der Waals surface area contributed by atoms with Gasteiger partial charge in [0.2, 0.25) is 0 Å². The summed E-state index contributed by atoms with van der Waals surface area (Å²) in [5.74, 6) is 0.196. The molecule has 3 unspecified atom stereocenters. The number of hydrogen-bond donors (Lipinski definition) is 2. The quantitative estimate of drug-likeness (QED) is 0.597. The molecule has 3 rings (SSSR count). The summed E-state index contributed by atoms with van der Waals surface area (Å²) in [5.41, 5.74) is 0. The Hall–Kier alpha value is -0.430. The number of aliphatic hydroxyl groups excluding tert-OH is 2. The Morgan fingerprint density at radius 3 is 2.50 bits per heavy atom. The summed E-state index contributed by atoms with van der Waals surface area (Å²) >= 11 is 6.82. The van der Waals surface area contributed by atoms with Crippen molar-refractivity contribution in [2.45, 2.75) is 69.6 Å². The van der Waals surface area contributed by atoms with Crippen molar-refractivity contribution in [3.05, 3.63) is 11.0 Å². The van der Waals surface area contributed by atoms with E-state index in [0.717, 1.165) is 19.3 Å². The van der Waals surface area contributed by atoms with Crippen molar-refractivity contribution in [1.82, 2.24) is 4.90 Å². The van der Waals surface area contributed by atoms with E-state index in [9.17, 15) is 15.0 Å². The van der Waals surface area contributed by atoms with Gasteiger partial charge in [-0.25, -0.2) is 0 Å². The van der Waals surface area contributed by atoms with Crippen LogP contribution in [-0.2, 0) is 4.79 Å². The van der Waals surface area contributed by atoms with Crippen LogP contribution in [0.4, 0.5) is 0 Å². The van der Waals surface area contributed by atoms with Gasteiger partial charge in [-0.1, -0.05) is 49.3 Å². The van der Waals surface area contributed by atoms with Gasteiger partial charge in [-0.2, -0.15) is 0 Å². The van der Waals surface area contributed by atoms with Gasteiger partial charge in [0.1, 0.15) is 4.32 Å². The van der Waals surface area contributed by atoms with E-state index in [-0.39, 0.29) is 17.9 Å². The average Bonchev–Trinajstić information content (AvgIpc) is 2.78. The molecule has 3 aliphatic rings. The highest BCUT2D eigenvalue weighted by molar-refractivity contribution is 8.26. The van der Waals surface area contributed by atoms with Gasteiger partial charge in [0.15, 0.2) is 0 Å². The third-order valence-electron chi connectivity index (χ3n) is 4.97. The number of allylic oxidation sites excluding steroid dienone is 1. The molecule has 1 aliphatic heterocycles. The predicted octanol–water partition coefficient (Wildman–Crippen LogP) is 2.59. The van der Waals surface area contributed by atoms with Gasteiger partial charge in [0, 0.05) is 6.04 Å². The summed E-state index contributed by atoms with van der Waals surface area (Å²) in [6, 6.07) is 0.269. The molecule has 2 N–H and O–H groups in total. The van der Waals surface area contributed by atoms with Crippen LogP contribution in [0.15, 0.2) is 11.0 Å². The number of hydrogen-bond acceptors (Lipinski definition) is 5. The molecule has 122 valence electrons. The number of aliphatic hydroxyl groups is 2. The molecule has 1 amide bonds. The maximum Gasteiger partial charge on any atom is 0.266 e. The molecule has 0 aromatic carbocycles. The highest BCUT2D eigenvalue weighted by atomic mass is 32.2. The summed E-state index contributed by atoms with van der Waals surface area (Å²) in [7, 11) is 0. The van der Waals surface area contributed by atoms with E-state index in [4.69, 9.17) is 12.2 Å². The van der Waals surface area contributed by atoms with E-state index in [1.807, 2.05) is 11.0 Å². The van der Waals surface area contributed by atoms with Crippen molar-refractivity contribution in [2.75, 3.05) is 0 Å². The van der Waals surface area contributed by atoms with Crippen LogP contribution in [0.2, 0.25) is 0 Å². The van der Waals surface area contributed by atoms with Gasteiger partial charge in [0.05, 0.1) is 17.1 Å². The second-order valence-electron chi connectivity index (χ2n) is 6.57. The smallest absolute Gasteiger partial charge is 0.266 e. The van der Waals surface area contributed by atoms with Gasteiger partial charge in [0.25, 0.3) is 5.91 Å². The largest absolute Gasteiger partial charge is 0.390 e. The van der Waals surface area contributed by atoms with Crippen molar-refractivity contribution in [1.29, 1.82) is 0 Å². The lowest BCUT2D eigenvalue weighted by molar-refractivity contribution is -0.124. The number of thiocarbonyl (C=S) groups is 1. The van der Waals surface area contributed by atoms with Crippen molar-refractivity contribution in [3.63, 3.8) is 0 Å². The van der Waals surface area contributed by atoms with E-state index in [0.29, 0.717) is 22.1 Å². The van der Waals surface area contributed by atoms with Gasteiger partial charge < -0.3 is 10.2 Å². The Kier molecular flexibility index (Phi) is 5.22. The second kappa shape index (κ2) is 6.99. The first-order chi connectivity index (χ1) is 10.6. The molecule has 3 atom stereocenters. The van der Waals surface area contributed by atoms with Crippen LogP contribution in [-0.4, -0.2) is 43.6 Å². The molecular weight excluding hydrogens is 318 g/mol. The van der Waals surface area contributed by atoms with Gasteiger partial charge >= 0.3 is 0 Å². The predicted molar refractivity (Wildman–Crippen MR) is 91.3 cm³/mol. The molecule has 3 fully saturated rings. The molecule has 1 saturated heterocycles. The van der Waals surface area contributed by atoms with Crippen LogP contribution < -0.4 is 0 Å². The van der Waals surface area contributed by atoms with Crippen molar-refractivity contribution in [2.24, 2.45) is 5.92 Å². The molecule has 2 saturated carbocycles. The maximum atomic E-state index is 12.7. The first kappa shape index (κ1) is 16.4. The molecule has 22 heavy (non-hydrogen) atoms. The SMILES string of the molecule is O=C1/C(=C\C2CCC(O)C(O)C2)SC(=S)N1C1CCCCC1. The van der Waals surface area contributed by atoms with E-state index < -0.39 is 12.2 Å². The molecule has 0 bridgehead atoms. The summed E-state index contributed by atoms with van der Waals surface area (Å²) in [6.45, 7) is 0. The fraction of sp³-hybridized carbons (Fsp3) is 0.750. The molecular formula is C16H23NO3S2. The van der Waals surface area contributed by atoms with E-state index in [2.05, 4.69) is 0 Å². The summed E-state index contributed by atoms with van der Waals surface area (Å²) in [4.78, 5) is 15.2. The molecule has 0 radical (unpaired) electrons. The van der Waals surface area contributed by atoms with Crippen LogP contribution in [0.3, 0.4) is 0 Å². The number of nitrogens with zero attached hydrogens (tertiary/aromatic N) is 1.